The average molecular weight is 272 g/mol. The lowest BCUT2D eigenvalue weighted by atomic mass is 10.0. The van der Waals surface area contributed by atoms with Crippen molar-refractivity contribution in [3.63, 3.8) is 0 Å². The van der Waals surface area contributed by atoms with E-state index in [9.17, 15) is 4.39 Å². The quantitative estimate of drug-likeness (QED) is 0.874. The maximum absolute atomic E-state index is 13.0. The van der Waals surface area contributed by atoms with Gasteiger partial charge in [0.2, 0.25) is 0 Å². The molecular formula is C17H21FN2. The fourth-order valence-corrected chi connectivity index (χ4v) is 2.27. The molecule has 2 N–H and O–H groups in total. The molecule has 2 aromatic carbocycles. The van der Waals surface area contributed by atoms with E-state index in [-0.39, 0.29) is 11.9 Å². The topological polar surface area (TPSA) is 29.3 Å². The fraction of sp³-hybridized carbons (Fsp3) is 0.294. The first-order valence-corrected chi connectivity index (χ1v) is 7.04. The predicted octanol–water partition coefficient (Wildman–Crippen LogP) is 4.39. The number of nitrogens with two attached hydrogens (primary N) is 1. The number of benzene rings is 2. The fourth-order valence-electron chi connectivity index (χ4n) is 2.27. The van der Waals surface area contributed by atoms with Gasteiger partial charge in [0.25, 0.3) is 0 Å². The lowest BCUT2D eigenvalue weighted by Crippen LogP contribution is -2.16. The van der Waals surface area contributed by atoms with Crippen LogP contribution in [0.1, 0.15) is 31.9 Å². The molecule has 0 aliphatic heterocycles. The van der Waals surface area contributed by atoms with Crippen LogP contribution in [0.25, 0.3) is 0 Å². The van der Waals surface area contributed by atoms with Gasteiger partial charge < -0.3 is 10.6 Å². The molecule has 20 heavy (non-hydrogen) atoms. The van der Waals surface area contributed by atoms with Crippen LogP contribution in [-0.4, -0.2) is 6.54 Å². The molecule has 0 radical (unpaired) electrons. The maximum atomic E-state index is 13.0. The smallest absolute Gasteiger partial charge is 0.123 e. The SMILES string of the molecule is CC[C@@H](N)c1ccc(N(CC)c2ccc(F)cc2)cc1. The van der Waals surface area contributed by atoms with Crippen molar-refractivity contribution in [1.82, 2.24) is 0 Å². The summed E-state index contributed by atoms with van der Waals surface area (Å²) in [6.07, 6.45) is 0.925. The van der Waals surface area contributed by atoms with Gasteiger partial charge >= 0.3 is 0 Å². The number of hydrogen-bond acceptors (Lipinski definition) is 2. The third-order valence-corrected chi connectivity index (χ3v) is 3.53. The van der Waals surface area contributed by atoms with E-state index in [2.05, 4.69) is 43.0 Å². The number of halogens is 1. The van der Waals surface area contributed by atoms with E-state index >= 15 is 0 Å². The van der Waals surface area contributed by atoms with Crippen molar-refractivity contribution in [1.29, 1.82) is 0 Å². The van der Waals surface area contributed by atoms with Gasteiger partial charge in [0.15, 0.2) is 0 Å². The van der Waals surface area contributed by atoms with Crippen LogP contribution in [-0.2, 0) is 0 Å². The lowest BCUT2D eigenvalue weighted by molar-refractivity contribution is 0.628. The Labute approximate surface area is 120 Å². The molecule has 1 atom stereocenters. The van der Waals surface area contributed by atoms with Gasteiger partial charge in [-0.05, 0) is 55.3 Å². The monoisotopic (exact) mass is 272 g/mol. The summed E-state index contributed by atoms with van der Waals surface area (Å²) in [6.45, 7) is 4.98. The summed E-state index contributed by atoms with van der Waals surface area (Å²) in [7, 11) is 0. The number of anilines is 2. The molecule has 0 heterocycles. The second-order valence-corrected chi connectivity index (χ2v) is 4.83. The Balaban J connectivity index is 2.25. The van der Waals surface area contributed by atoms with Crippen molar-refractivity contribution < 1.29 is 4.39 Å². The highest BCUT2D eigenvalue weighted by Gasteiger charge is 2.08. The van der Waals surface area contributed by atoms with Gasteiger partial charge in [-0.2, -0.15) is 0 Å². The zero-order chi connectivity index (χ0) is 14.5. The van der Waals surface area contributed by atoms with Gasteiger partial charge in [0, 0.05) is 24.0 Å². The van der Waals surface area contributed by atoms with E-state index in [1.165, 1.54) is 12.1 Å². The molecule has 0 fully saturated rings. The van der Waals surface area contributed by atoms with Crippen LogP contribution in [0.4, 0.5) is 15.8 Å². The van der Waals surface area contributed by atoms with Crippen LogP contribution in [0.2, 0.25) is 0 Å². The summed E-state index contributed by atoms with van der Waals surface area (Å²) < 4.78 is 13.0. The van der Waals surface area contributed by atoms with Crippen molar-refractivity contribution in [2.45, 2.75) is 26.3 Å². The predicted molar refractivity (Wildman–Crippen MR) is 82.7 cm³/mol. The van der Waals surface area contributed by atoms with Gasteiger partial charge in [-0.25, -0.2) is 4.39 Å². The first kappa shape index (κ1) is 14.5. The van der Waals surface area contributed by atoms with Crippen molar-refractivity contribution in [3.05, 3.63) is 59.9 Å². The molecule has 0 spiro atoms. The normalized spacial score (nSPS) is 12.2. The Morgan fingerprint density at radius 1 is 0.950 bits per heavy atom. The highest BCUT2D eigenvalue weighted by molar-refractivity contribution is 5.63. The molecule has 0 saturated heterocycles. The molecule has 0 amide bonds. The standard InChI is InChI=1S/C17H21FN2/c1-3-17(19)13-5-9-15(10-6-13)20(4-2)16-11-7-14(18)8-12-16/h5-12,17H,3-4,19H2,1-2H3/t17-/m1/s1. The van der Waals surface area contributed by atoms with E-state index in [0.717, 1.165) is 29.9 Å². The van der Waals surface area contributed by atoms with Gasteiger partial charge in [0.1, 0.15) is 5.82 Å². The zero-order valence-corrected chi connectivity index (χ0v) is 12.0. The molecule has 0 aliphatic carbocycles. The van der Waals surface area contributed by atoms with Crippen LogP contribution in [0.15, 0.2) is 48.5 Å². The van der Waals surface area contributed by atoms with Gasteiger partial charge in [-0.1, -0.05) is 19.1 Å². The molecule has 2 rings (SSSR count). The molecule has 0 aromatic heterocycles. The van der Waals surface area contributed by atoms with E-state index in [1.807, 2.05) is 0 Å². The Kier molecular flexibility index (Phi) is 4.74. The molecule has 0 saturated carbocycles. The van der Waals surface area contributed by atoms with E-state index in [4.69, 9.17) is 5.73 Å². The van der Waals surface area contributed by atoms with E-state index in [0.29, 0.717) is 0 Å². The first-order chi connectivity index (χ1) is 9.65. The van der Waals surface area contributed by atoms with Crippen LogP contribution < -0.4 is 10.6 Å². The largest absolute Gasteiger partial charge is 0.342 e. The van der Waals surface area contributed by atoms with Gasteiger partial charge in [-0.3, -0.25) is 0 Å². The second kappa shape index (κ2) is 6.53. The molecule has 0 aliphatic rings. The second-order valence-electron chi connectivity index (χ2n) is 4.83. The van der Waals surface area contributed by atoms with Crippen LogP contribution in [0, 0.1) is 5.82 Å². The van der Waals surface area contributed by atoms with Crippen molar-refractivity contribution in [3.8, 4) is 0 Å². The first-order valence-electron chi connectivity index (χ1n) is 7.04. The minimum atomic E-state index is -0.214. The van der Waals surface area contributed by atoms with E-state index < -0.39 is 0 Å². The summed E-state index contributed by atoms with van der Waals surface area (Å²) in [5.41, 5.74) is 9.25. The molecule has 106 valence electrons. The average Bonchev–Trinajstić information content (AvgIpc) is 2.50. The van der Waals surface area contributed by atoms with Crippen molar-refractivity contribution in [2.75, 3.05) is 11.4 Å². The van der Waals surface area contributed by atoms with Crippen LogP contribution >= 0.6 is 0 Å². The van der Waals surface area contributed by atoms with E-state index in [1.54, 1.807) is 12.1 Å². The lowest BCUT2D eigenvalue weighted by Gasteiger charge is -2.24. The third-order valence-electron chi connectivity index (χ3n) is 3.53. The van der Waals surface area contributed by atoms with Gasteiger partial charge in [0.05, 0.1) is 0 Å². The summed E-state index contributed by atoms with van der Waals surface area (Å²) in [4.78, 5) is 2.14. The Bertz CT molecular complexity index is 534. The number of rotatable bonds is 5. The maximum Gasteiger partial charge on any atom is 0.123 e. The summed E-state index contributed by atoms with van der Waals surface area (Å²) in [6, 6.07) is 14.9. The highest BCUT2D eigenvalue weighted by atomic mass is 19.1. The zero-order valence-electron chi connectivity index (χ0n) is 12.0. The Hall–Kier alpha value is -1.87. The molecule has 3 heteroatoms. The Morgan fingerprint density at radius 3 is 1.90 bits per heavy atom. The summed E-state index contributed by atoms with van der Waals surface area (Å²) >= 11 is 0. The molecule has 2 aromatic rings. The summed E-state index contributed by atoms with van der Waals surface area (Å²) in [5.74, 6) is -0.214. The van der Waals surface area contributed by atoms with Gasteiger partial charge in [-0.15, -0.1) is 0 Å². The number of nitrogens with zero attached hydrogens (tertiary/aromatic N) is 1. The molecular weight excluding hydrogens is 251 g/mol. The minimum absolute atomic E-state index is 0.0879. The summed E-state index contributed by atoms with van der Waals surface area (Å²) in [5, 5.41) is 0. The molecule has 0 unspecified atom stereocenters. The highest BCUT2D eigenvalue weighted by Crippen LogP contribution is 2.26. The number of hydrogen-bond donors (Lipinski definition) is 1. The minimum Gasteiger partial charge on any atom is -0.342 e. The van der Waals surface area contributed by atoms with Crippen LogP contribution in [0.5, 0.6) is 0 Å². The third kappa shape index (κ3) is 3.17. The Morgan fingerprint density at radius 2 is 1.45 bits per heavy atom. The molecule has 0 bridgehead atoms. The van der Waals surface area contributed by atoms with Crippen LogP contribution in [0.3, 0.4) is 0 Å². The molecule has 2 nitrogen and oxygen atoms in total. The van der Waals surface area contributed by atoms with Crippen molar-refractivity contribution >= 4 is 11.4 Å². The van der Waals surface area contributed by atoms with Crippen molar-refractivity contribution in [2.24, 2.45) is 5.73 Å².